The molecule has 0 fully saturated rings. The number of aliphatic carboxylic acids is 1. The van der Waals surface area contributed by atoms with E-state index in [9.17, 15) is 14.7 Å². The molecule has 0 aromatic carbocycles. The van der Waals surface area contributed by atoms with Crippen LogP contribution in [0, 0.1) is 0 Å². The second kappa shape index (κ2) is 4.92. The van der Waals surface area contributed by atoms with Gasteiger partial charge in [0, 0.05) is 6.54 Å². The van der Waals surface area contributed by atoms with E-state index in [1.807, 2.05) is 0 Å². The molecule has 0 spiro atoms. The minimum atomic E-state index is -1.45. The van der Waals surface area contributed by atoms with Crippen molar-refractivity contribution in [2.45, 2.75) is 31.9 Å². The lowest BCUT2D eigenvalue weighted by Gasteiger charge is -2.21. The number of carboxylic acids is 1. The number of nitrogens with one attached hydrogen (secondary N) is 1. The summed E-state index contributed by atoms with van der Waals surface area (Å²) in [7, 11) is 0. The molecule has 0 aromatic rings. The van der Waals surface area contributed by atoms with E-state index in [0.29, 0.717) is 0 Å². The van der Waals surface area contributed by atoms with Gasteiger partial charge in [-0.05, 0) is 13.8 Å². The molecule has 0 aromatic heterocycles. The number of carbonyl (C=O) groups is 2. The fourth-order valence-electron chi connectivity index (χ4n) is 0.827. The highest BCUT2D eigenvalue weighted by molar-refractivity contribution is 5.81. The van der Waals surface area contributed by atoms with Crippen molar-refractivity contribution in [1.82, 2.24) is 5.32 Å². The summed E-state index contributed by atoms with van der Waals surface area (Å²) in [5.41, 5.74) is 3.81. The van der Waals surface area contributed by atoms with Gasteiger partial charge in [-0.2, -0.15) is 0 Å². The number of carbonyl (C=O) groups excluding carboxylic acids is 1. The lowest BCUT2D eigenvalue weighted by molar-refractivity contribution is -0.142. The van der Waals surface area contributed by atoms with E-state index in [0.717, 1.165) is 0 Å². The number of amides is 1. The number of rotatable bonds is 5. The van der Waals surface area contributed by atoms with Crippen molar-refractivity contribution < 1.29 is 19.8 Å². The van der Waals surface area contributed by atoms with E-state index in [4.69, 9.17) is 10.8 Å². The molecule has 2 atom stereocenters. The lowest BCUT2D eigenvalue weighted by Crippen LogP contribution is -2.46. The highest BCUT2D eigenvalue weighted by atomic mass is 16.4. The molecule has 5 N–H and O–H groups in total. The molecule has 1 unspecified atom stereocenters. The summed E-state index contributed by atoms with van der Waals surface area (Å²) in [5.74, 6) is -1.54. The Hall–Kier alpha value is -1.14. The van der Waals surface area contributed by atoms with Crippen LogP contribution >= 0.6 is 0 Å². The Morgan fingerprint density at radius 1 is 1.57 bits per heavy atom. The van der Waals surface area contributed by atoms with Crippen LogP contribution in [0.3, 0.4) is 0 Å². The van der Waals surface area contributed by atoms with Crippen molar-refractivity contribution in [2.24, 2.45) is 5.73 Å². The maximum absolute atomic E-state index is 11.0. The van der Waals surface area contributed by atoms with E-state index >= 15 is 0 Å². The first-order chi connectivity index (χ1) is 6.24. The molecule has 0 rings (SSSR count). The Labute approximate surface area is 82.1 Å². The second-order valence-corrected chi connectivity index (χ2v) is 3.57. The summed E-state index contributed by atoms with van der Waals surface area (Å²) in [6, 6.07) is -0.671. The molecule has 0 saturated carbocycles. The average molecular weight is 204 g/mol. The number of nitrogens with two attached hydrogens (primary N) is 1. The Bertz CT molecular complexity index is 225. The minimum absolute atomic E-state index is 0.125. The van der Waals surface area contributed by atoms with Gasteiger partial charge in [0.05, 0.1) is 18.1 Å². The van der Waals surface area contributed by atoms with Crippen LogP contribution in [-0.2, 0) is 9.59 Å². The van der Waals surface area contributed by atoms with Gasteiger partial charge in [0.15, 0.2) is 0 Å². The normalized spacial score (nSPS) is 16.9. The standard InChI is InChI=1S/C8H16N2O4/c1-5(9)7(13)10-4-8(2,14)3-6(11)12/h5,14H,3-4,9H2,1-2H3,(H,10,13)(H,11,12)/t5-,8?/m0/s1. The van der Waals surface area contributed by atoms with Crippen LogP contribution in [0.25, 0.3) is 0 Å². The first-order valence-electron chi connectivity index (χ1n) is 4.22. The molecule has 6 heteroatoms. The molecule has 0 bridgehead atoms. The van der Waals surface area contributed by atoms with Gasteiger partial charge in [0.25, 0.3) is 0 Å². The van der Waals surface area contributed by atoms with Gasteiger partial charge >= 0.3 is 5.97 Å². The molecule has 0 radical (unpaired) electrons. The molecular weight excluding hydrogens is 188 g/mol. The molecule has 0 heterocycles. The average Bonchev–Trinajstić information content (AvgIpc) is 1.97. The maximum atomic E-state index is 11.0. The monoisotopic (exact) mass is 204 g/mol. The molecule has 1 amide bonds. The maximum Gasteiger partial charge on any atom is 0.306 e. The number of hydrogen-bond acceptors (Lipinski definition) is 4. The Morgan fingerprint density at radius 2 is 2.07 bits per heavy atom. The molecule has 0 aliphatic rings. The van der Waals surface area contributed by atoms with E-state index in [1.165, 1.54) is 13.8 Å². The van der Waals surface area contributed by atoms with Crippen LogP contribution < -0.4 is 11.1 Å². The number of aliphatic hydroxyl groups is 1. The van der Waals surface area contributed by atoms with E-state index in [1.54, 1.807) is 0 Å². The second-order valence-electron chi connectivity index (χ2n) is 3.57. The number of hydrogen-bond donors (Lipinski definition) is 4. The van der Waals surface area contributed by atoms with Crippen molar-refractivity contribution in [2.75, 3.05) is 6.54 Å². The third kappa shape index (κ3) is 5.50. The fourth-order valence-corrected chi connectivity index (χ4v) is 0.827. The van der Waals surface area contributed by atoms with Gasteiger partial charge in [-0.25, -0.2) is 0 Å². The lowest BCUT2D eigenvalue weighted by atomic mass is 10.0. The molecule has 0 aliphatic heterocycles. The molecular formula is C8H16N2O4. The first kappa shape index (κ1) is 12.9. The van der Waals surface area contributed by atoms with Crippen LogP contribution in [0.2, 0.25) is 0 Å². The SMILES string of the molecule is C[C@H](N)C(=O)NCC(C)(O)CC(=O)O. The molecule has 82 valence electrons. The molecule has 14 heavy (non-hydrogen) atoms. The van der Waals surface area contributed by atoms with Gasteiger partial charge in [0.1, 0.15) is 0 Å². The highest BCUT2D eigenvalue weighted by Gasteiger charge is 2.25. The molecule has 0 saturated heterocycles. The zero-order valence-corrected chi connectivity index (χ0v) is 8.28. The van der Waals surface area contributed by atoms with Crippen LogP contribution in [0.15, 0.2) is 0 Å². The highest BCUT2D eigenvalue weighted by Crippen LogP contribution is 2.07. The first-order valence-corrected chi connectivity index (χ1v) is 4.22. The van der Waals surface area contributed by atoms with Crippen LogP contribution in [-0.4, -0.2) is 40.3 Å². The fraction of sp³-hybridized carbons (Fsp3) is 0.750. The zero-order chi connectivity index (χ0) is 11.4. The summed E-state index contributed by atoms with van der Waals surface area (Å²) in [4.78, 5) is 21.3. The molecule has 6 nitrogen and oxygen atoms in total. The van der Waals surface area contributed by atoms with Crippen molar-refractivity contribution in [1.29, 1.82) is 0 Å². The van der Waals surface area contributed by atoms with Crippen molar-refractivity contribution in [3.8, 4) is 0 Å². The van der Waals surface area contributed by atoms with Gasteiger partial charge < -0.3 is 21.3 Å². The zero-order valence-electron chi connectivity index (χ0n) is 8.28. The summed E-state index contributed by atoms with van der Waals surface area (Å²) in [6.07, 6.45) is -0.424. The van der Waals surface area contributed by atoms with Gasteiger partial charge in [0.2, 0.25) is 5.91 Å². The topological polar surface area (TPSA) is 113 Å². The van der Waals surface area contributed by atoms with Gasteiger partial charge in [-0.1, -0.05) is 0 Å². The van der Waals surface area contributed by atoms with Crippen LogP contribution in [0.5, 0.6) is 0 Å². The van der Waals surface area contributed by atoms with E-state index in [-0.39, 0.29) is 6.54 Å². The summed E-state index contributed by atoms with van der Waals surface area (Å²) in [5, 5.41) is 20.3. The third-order valence-electron chi connectivity index (χ3n) is 1.59. The van der Waals surface area contributed by atoms with E-state index in [2.05, 4.69) is 5.32 Å². The molecule has 0 aliphatic carbocycles. The van der Waals surface area contributed by atoms with Crippen LogP contribution in [0.4, 0.5) is 0 Å². The summed E-state index contributed by atoms with van der Waals surface area (Å²) in [6.45, 7) is 2.71. The largest absolute Gasteiger partial charge is 0.481 e. The third-order valence-corrected chi connectivity index (χ3v) is 1.59. The van der Waals surface area contributed by atoms with Crippen molar-refractivity contribution in [3.05, 3.63) is 0 Å². The number of carboxylic acid groups (broad SMARTS) is 1. The van der Waals surface area contributed by atoms with Crippen molar-refractivity contribution >= 4 is 11.9 Å². The van der Waals surface area contributed by atoms with Crippen molar-refractivity contribution in [3.63, 3.8) is 0 Å². The smallest absolute Gasteiger partial charge is 0.306 e. The summed E-state index contributed by atoms with van der Waals surface area (Å²) >= 11 is 0. The Kier molecular flexibility index (Phi) is 4.52. The predicted octanol–water partition coefficient (Wildman–Crippen LogP) is -1.32. The quantitative estimate of drug-likeness (QED) is 0.443. The Morgan fingerprint density at radius 3 is 2.43 bits per heavy atom. The minimum Gasteiger partial charge on any atom is -0.481 e. The van der Waals surface area contributed by atoms with Gasteiger partial charge in [-0.3, -0.25) is 9.59 Å². The predicted molar refractivity (Wildman–Crippen MR) is 49.5 cm³/mol. The summed E-state index contributed by atoms with van der Waals surface area (Å²) < 4.78 is 0. The Balaban J connectivity index is 3.98. The van der Waals surface area contributed by atoms with E-state index < -0.39 is 29.9 Å². The van der Waals surface area contributed by atoms with Gasteiger partial charge in [-0.15, -0.1) is 0 Å². The van der Waals surface area contributed by atoms with Crippen LogP contribution in [0.1, 0.15) is 20.3 Å².